The van der Waals surface area contributed by atoms with Crippen LogP contribution in [0.25, 0.3) is 0 Å². The highest BCUT2D eigenvalue weighted by Gasteiger charge is 2.23. The lowest BCUT2D eigenvalue weighted by Crippen LogP contribution is -2.40. The molecule has 1 rings (SSSR count). The van der Waals surface area contributed by atoms with Crippen LogP contribution >= 0.6 is 0 Å². The number of aliphatic hydroxyl groups excluding tert-OH is 1. The fourth-order valence-corrected chi connectivity index (χ4v) is 0.831. The summed E-state index contributed by atoms with van der Waals surface area (Å²) in [5.41, 5.74) is 0. The molecule has 1 aliphatic rings. The van der Waals surface area contributed by atoms with Gasteiger partial charge in [-0.2, -0.15) is 0 Å². The van der Waals surface area contributed by atoms with E-state index in [4.69, 9.17) is 15.7 Å². The second-order valence-electron chi connectivity index (χ2n) is 2.11. The number of hydrogen-bond donors (Lipinski definition) is 2. The molecule has 2 unspecified atom stereocenters. The molecular formula is C5H11NO3. The van der Waals surface area contributed by atoms with Crippen LogP contribution in [-0.4, -0.2) is 30.5 Å². The van der Waals surface area contributed by atoms with Crippen LogP contribution in [0, 0.1) is 0 Å². The maximum atomic E-state index is 9.08. The van der Waals surface area contributed by atoms with Gasteiger partial charge in [-0.25, -0.2) is 5.90 Å². The SMILES string of the molecule is NOC1COCCC1O. The van der Waals surface area contributed by atoms with Crippen LogP contribution in [0.5, 0.6) is 0 Å². The van der Waals surface area contributed by atoms with E-state index in [1.54, 1.807) is 0 Å². The normalized spacial score (nSPS) is 36.7. The van der Waals surface area contributed by atoms with E-state index in [-0.39, 0.29) is 6.10 Å². The topological polar surface area (TPSA) is 64.7 Å². The number of ether oxygens (including phenoxy) is 1. The number of aliphatic hydroxyl groups is 1. The molecule has 0 saturated carbocycles. The van der Waals surface area contributed by atoms with Crippen molar-refractivity contribution in [2.75, 3.05) is 13.2 Å². The van der Waals surface area contributed by atoms with Crippen molar-refractivity contribution < 1.29 is 14.7 Å². The van der Waals surface area contributed by atoms with Crippen LogP contribution < -0.4 is 5.90 Å². The van der Waals surface area contributed by atoms with Crippen molar-refractivity contribution in [2.45, 2.75) is 18.6 Å². The summed E-state index contributed by atoms with van der Waals surface area (Å²) in [6.45, 7) is 0.999. The van der Waals surface area contributed by atoms with Gasteiger partial charge in [-0.15, -0.1) is 0 Å². The molecule has 1 fully saturated rings. The van der Waals surface area contributed by atoms with Gasteiger partial charge in [-0.1, -0.05) is 0 Å². The largest absolute Gasteiger partial charge is 0.390 e. The summed E-state index contributed by atoms with van der Waals surface area (Å²) >= 11 is 0. The molecule has 1 saturated heterocycles. The zero-order valence-corrected chi connectivity index (χ0v) is 5.12. The van der Waals surface area contributed by atoms with Crippen LogP contribution in [0.2, 0.25) is 0 Å². The van der Waals surface area contributed by atoms with Gasteiger partial charge in [0.2, 0.25) is 0 Å². The molecule has 0 amide bonds. The van der Waals surface area contributed by atoms with E-state index in [0.717, 1.165) is 0 Å². The first-order chi connectivity index (χ1) is 4.34. The van der Waals surface area contributed by atoms with E-state index >= 15 is 0 Å². The van der Waals surface area contributed by atoms with Crippen LogP contribution in [0.3, 0.4) is 0 Å². The van der Waals surface area contributed by atoms with E-state index < -0.39 is 6.10 Å². The average molecular weight is 133 g/mol. The van der Waals surface area contributed by atoms with Crippen molar-refractivity contribution in [3.63, 3.8) is 0 Å². The summed E-state index contributed by atoms with van der Waals surface area (Å²) in [5.74, 6) is 4.85. The van der Waals surface area contributed by atoms with Crippen LogP contribution in [0.15, 0.2) is 0 Å². The second-order valence-corrected chi connectivity index (χ2v) is 2.11. The number of hydrogen-bond acceptors (Lipinski definition) is 4. The number of rotatable bonds is 1. The second kappa shape index (κ2) is 3.12. The quantitative estimate of drug-likeness (QED) is 0.451. The summed E-state index contributed by atoms with van der Waals surface area (Å²) in [7, 11) is 0. The van der Waals surface area contributed by atoms with Gasteiger partial charge < -0.3 is 9.84 Å². The highest BCUT2D eigenvalue weighted by Crippen LogP contribution is 2.08. The molecule has 0 aromatic carbocycles. The first-order valence-electron chi connectivity index (χ1n) is 2.96. The molecule has 1 heterocycles. The average Bonchev–Trinajstić information content (AvgIpc) is 1.89. The molecule has 0 aromatic heterocycles. The Labute approximate surface area is 53.5 Å². The summed E-state index contributed by atoms with van der Waals surface area (Å²) < 4.78 is 4.98. The molecule has 0 aliphatic carbocycles. The van der Waals surface area contributed by atoms with Crippen molar-refractivity contribution in [1.29, 1.82) is 0 Å². The summed E-state index contributed by atoms with van der Waals surface area (Å²) in [6.07, 6.45) is -0.176. The van der Waals surface area contributed by atoms with Gasteiger partial charge in [-0.3, -0.25) is 4.84 Å². The molecule has 0 aromatic rings. The summed E-state index contributed by atoms with van der Waals surface area (Å²) in [4.78, 5) is 4.43. The predicted molar refractivity (Wildman–Crippen MR) is 30.5 cm³/mol. The molecular weight excluding hydrogens is 122 g/mol. The molecule has 4 heteroatoms. The van der Waals surface area contributed by atoms with Gasteiger partial charge in [0.1, 0.15) is 6.10 Å². The molecule has 9 heavy (non-hydrogen) atoms. The lowest BCUT2D eigenvalue weighted by Gasteiger charge is -2.25. The van der Waals surface area contributed by atoms with Crippen molar-refractivity contribution in [3.05, 3.63) is 0 Å². The molecule has 0 bridgehead atoms. The van der Waals surface area contributed by atoms with Crippen molar-refractivity contribution in [1.82, 2.24) is 0 Å². The van der Waals surface area contributed by atoms with Gasteiger partial charge in [0, 0.05) is 6.61 Å². The van der Waals surface area contributed by atoms with E-state index in [1.807, 2.05) is 0 Å². The maximum absolute atomic E-state index is 9.08. The monoisotopic (exact) mass is 133 g/mol. The molecule has 1 aliphatic heterocycles. The summed E-state index contributed by atoms with van der Waals surface area (Å²) in [5, 5.41) is 9.08. The van der Waals surface area contributed by atoms with Crippen LogP contribution in [0.1, 0.15) is 6.42 Å². The van der Waals surface area contributed by atoms with Gasteiger partial charge in [0.25, 0.3) is 0 Å². The minimum Gasteiger partial charge on any atom is -0.390 e. The van der Waals surface area contributed by atoms with Crippen molar-refractivity contribution in [3.8, 4) is 0 Å². The summed E-state index contributed by atoms with van der Waals surface area (Å²) in [6, 6.07) is 0. The van der Waals surface area contributed by atoms with Gasteiger partial charge in [0.15, 0.2) is 0 Å². The van der Waals surface area contributed by atoms with Crippen LogP contribution in [0.4, 0.5) is 0 Å². The van der Waals surface area contributed by atoms with Gasteiger partial charge in [0.05, 0.1) is 12.7 Å². The maximum Gasteiger partial charge on any atom is 0.128 e. The smallest absolute Gasteiger partial charge is 0.128 e. The van der Waals surface area contributed by atoms with Crippen molar-refractivity contribution >= 4 is 0 Å². The third-order valence-electron chi connectivity index (χ3n) is 1.44. The lowest BCUT2D eigenvalue weighted by atomic mass is 10.1. The Morgan fingerprint density at radius 1 is 1.67 bits per heavy atom. The highest BCUT2D eigenvalue weighted by atomic mass is 16.6. The molecule has 0 spiro atoms. The zero-order chi connectivity index (χ0) is 6.69. The Morgan fingerprint density at radius 2 is 2.44 bits per heavy atom. The Hall–Kier alpha value is -0.160. The lowest BCUT2D eigenvalue weighted by molar-refractivity contribution is -0.118. The molecule has 0 radical (unpaired) electrons. The molecule has 3 N–H and O–H groups in total. The minimum atomic E-state index is -0.455. The van der Waals surface area contributed by atoms with E-state index in [2.05, 4.69) is 4.84 Å². The third kappa shape index (κ3) is 1.62. The Morgan fingerprint density at radius 3 is 2.89 bits per heavy atom. The van der Waals surface area contributed by atoms with E-state index in [1.165, 1.54) is 0 Å². The third-order valence-corrected chi connectivity index (χ3v) is 1.44. The Kier molecular flexibility index (Phi) is 2.41. The molecule has 54 valence electrons. The van der Waals surface area contributed by atoms with E-state index in [0.29, 0.717) is 19.6 Å². The fraction of sp³-hybridized carbons (Fsp3) is 1.00. The zero-order valence-electron chi connectivity index (χ0n) is 5.12. The first kappa shape index (κ1) is 6.95. The first-order valence-corrected chi connectivity index (χ1v) is 2.96. The highest BCUT2D eigenvalue weighted by molar-refractivity contribution is 4.71. The fourth-order valence-electron chi connectivity index (χ4n) is 0.831. The minimum absolute atomic E-state index is 0.334. The van der Waals surface area contributed by atoms with Gasteiger partial charge in [-0.05, 0) is 6.42 Å². The van der Waals surface area contributed by atoms with Gasteiger partial charge >= 0.3 is 0 Å². The van der Waals surface area contributed by atoms with Crippen molar-refractivity contribution in [2.24, 2.45) is 5.90 Å². The Bertz CT molecular complexity index is 88.3. The van der Waals surface area contributed by atoms with Crippen LogP contribution in [-0.2, 0) is 9.57 Å². The Balaban J connectivity index is 2.30. The standard InChI is InChI=1S/C5H11NO3/c6-9-5-3-8-2-1-4(5)7/h4-5,7H,1-3,6H2. The predicted octanol–water partition coefficient (Wildman–Crippen LogP) is -0.974. The molecule has 4 nitrogen and oxygen atoms in total. The van der Waals surface area contributed by atoms with E-state index in [9.17, 15) is 0 Å². The number of nitrogens with two attached hydrogens (primary N) is 1. The molecule has 2 atom stereocenters.